The van der Waals surface area contributed by atoms with Crippen LogP contribution < -0.4 is 5.32 Å². The minimum absolute atomic E-state index is 0.165. The first-order chi connectivity index (χ1) is 7.88. The van der Waals surface area contributed by atoms with Gasteiger partial charge in [-0.25, -0.2) is 4.98 Å². The molecule has 5 heteroatoms. The van der Waals surface area contributed by atoms with E-state index >= 15 is 0 Å². The molecule has 2 rings (SSSR count). The van der Waals surface area contributed by atoms with Gasteiger partial charge in [0.1, 0.15) is 0 Å². The second kappa shape index (κ2) is 4.33. The SMILES string of the molecule is CC(C)(C)NC(=O)C(Cl)c1cncn1C1CC1. The number of carbonyl (C=O) groups excluding carboxylic acids is 1. The van der Waals surface area contributed by atoms with Crippen molar-refractivity contribution in [2.45, 2.75) is 50.6 Å². The highest BCUT2D eigenvalue weighted by Gasteiger charge is 2.30. The van der Waals surface area contributed by atoms with Gasteiger partial charge in [-0.15, -0.1) is 11.6 Å². The molecule has 1 heterocycles. The molecule has 0 spiro atoms. The molecule has 17 heavy (non-hydrogen) atoms. The highest BCUT2D eigenvalue weighted by atomic mass is 35.5. The summed E-state index contributed by atoms with van der Waals surface area (Å²) >= 11 is 6.21. The van der Waals surface area contributed by atoms with Gasteiger partial charge >= 0.3 is 0 Å². The number of nitrogens with one attached hydrogen (secondary N) is 1. The van der Waals surface area contributed by atoms with Crippen molar-refractivity contribution < 1.29 is 4.79 Å². The van der Waals surface area contributed by atoms with Gasteiger partial charge < -0.3 is 9.88 Å². The van der Waals surface area contributed by atoms with Crippen LogP contribution in [0.15, 0.2) is 12.5 Å². The predicted molar refractivity (Wildman–Crippen MR) is 67.0 cm³/mol. The summed E-state index contributed by atoms with van der Waals surface area (Å²) in [6.07, 6.45) is 5.73. The van der Waals surface area contributed by atoms with Crippen LogP contribution in [-0.2, 0) is 4.79 Å². The molecular weight excluding hydrogens is 238 g/mol. The molecule has 0 radical (unpaired) electrons. The van der Waals surface area contributed by atoms with Crippen molar-refractivity contribution in [3.63, 3.8) is 0 Å². The summed E-state index contributed by atoms with van der Waals surface area (Å²) in [5, 5.41) is 2.21. The molecule has 1 amide bonds. The Bertz CT molecular complexity index is 418. The van der Waals surface area contributed by atoms with Crippen molar-refractivity contribution in [3.8, 4) is 0 Å². The van der Waals surface area contributed by atoms with Crippen LogP contribution >= 0.6 is 11.6 Å². The average molecular weight is 256 g/mol. The van der Waals surface area contributed by atoms with Crippen LogP contribution in [0, 0.1) is 0 Å². The minimum atomic E-state index is -0.669. The number of alkyl halides is 1. The molecular formula is C12H18ClN3O. The van der Waals surface area contributed by atoms with E-state index in [0.29, 0.717) is 6.04 Å². The highest BCUT2D eigenvalue weighted by Crippen LogP contribution is 2.37. The molecule has 1 aromatic rings. The number of carbonyl (C=O) groups is 1. The number of aromatic nitrogens is 2. The van der Waals surface area contributed by atoms with Crippen LogP contribution in [-0.4, -0.2) is 21.0 Å². The molecule has 94 valence electrons. The molecule has 0 saturated heterocycles. The third-order valence-corrected chi connectivity index (χ3v) is 3.05. The van der Waals surface area contributed by atoms with Gasteiger partial charge in [-0.2, -0.15) is 0 Å². The lowest BCUT2D eigenvalue weighted by molar-refractivity contribution is -0.122. The molecule has 1 atom stereocenters. The first-order valence-corrected chi connectivity index (χ1v) is 6.30. The van der Waals surface area contributed by atoms with Crippen LogP contribution in [0.1, 0.15) is 50.7 Å². The van der Waals surface area contributed by atoms with E-state index in [1.165, 1.54) is 0 Å². The fraction of sp³-hybridized carbons (Fsp3) is 0.667. The second-order valence-electron chi connectivity index (χ2n) is 5.56. The Morgan fingerprint density at radius 2 is 2.24 bits per heavy atom. The maximum absolute atomic E-state index is 12.0. The largest absolute Gasteiger partial charge is 0.350 e. The normalized spacial score (nSPS) is 17.9. The molecule has 0 aliphatic heterocycles. The molecule has 1 fully saturated rings. The molecule has 1 unspecified atom stereocenters. The van der Waals surface area contributed by atoms with Gasteiger partial charge in [0.2, 0.25) is 5.91 Å². The Balaban J connectivity index is 2.10. The lowest BCUT2D eigenvalue weighted by Gasteiger charge is -2.22. The quantitative estimate of drug-likeness (QED) is 0.844. The summed E-state index contributed by atoms with van der Waals surface area (Å²) in [5.74, 6) is -0.165. The summed E-state index contributed by atoms with van der Waals surface area (Å²) in [5.41, 5.74) is 0.519. The van der Waals surface area contributed by atoms with E-state index in [2.05, 4.69) is 10.3 Å². The third kappa shape index (κ3) is 3.00. The van der Waals surface area contributed by atoms with Crippen molar-refractivity contribution in [1.82, 2.24) is 14.9 Å². The lowest BCUT2D eigenvalue weighted by atomic mass is 10.1. The maximum Gasteiger partial charge on any atom is 0.244 e. The highest BCUT2D eigenvalue weighted by molar-refractivity contribution is 6.30. The van der Waals surface area contributed by atoms with Crippen LogP contribution in [0.3, 0.4) is 0 Å². The topological polar surface area (TPSA) is 46.9 Å². The van der Waals surface area contributed by atoms with Gasteiger partial charge in [-0.3, -0.25) is 4.79 Å². The average Bonchev–Trinajstić information content (AvgIpc) is 2.93. The summed E-state index contributed by atoms with van der Waals surface area (Å²) in [7, 11) is 0. The minimum Gasteiger partial charge on any atom is -0.350 e. The maximum atomic E-state index is 12.0. The number of halogens is 1. The number of nitrogens with zero attached hydrogens (tertiary/aromatic N) is 2. The third-order valence-electron chi connectivity index (χ3n) is 2.62. The van der Waals surface area contributed by atoms with Gasteiger partial charge in [0.25, 0.3) is 0 Å². The molecule has 1 aliphatic carbocycles. The van der Waals surface area contributed by atoms with Crippen LogP contribution in [0.2, 0.25) is 0 Å². The van der Waals surface area contributed by atoms with E-state index in [1.807, 2.05) is 25.3 Å². The van der Waals surface area contributed by atoms with Crippen molar-refractivity contribution in [3.05, 3.63) is 18.2 Å². The van der Waals surface area contributed by atoms with Gasteiger partial charge in [0.15, 0.2) is 5.38 Å². The van der Waals surface area contributed by atoms with E-state index in [4.69, 9.17) is 11.6 Å². The summed E-state index contributed by atoms with van der Waals surface area (Å²) in [6.45, 7) is 5.81. The summed E-state index contributed by atoms with van der Waals surface area (Å²) < 4.78 is 2.01. The Kier molecular flexibility index (Phi) is 3.17. The Morgan fingerprint density at radius 1 is 1.59 bits per heavy atom. The van der Waals surface area contributed by atoms with Crippen molar-refractivity contribution >= 4 is 17.5 Å². The molecule has 0 aromatic carbocycles. The zero-order chi connectivity index (χ0) is 12.6. The number of rotatable bonds is 3. The van der Waals surface area contributed by atoms with E-state index in [-0.39, 0.29) is 11.4 Å². The van der Waals surface area contributed by atoms with Crippen LogP contribution in [0.4, 0.5) is 0 Å². The standard InChI is InChI=1S/C12H18ClN3O/c1-12(2,3)15-11(17)10(13)9-6-14-7-16(9)8-4-5-8/h6-8,10H,4-5H2,1-3H3,(H,15,17). The molecule has 4 nitrogen and oxygen atoms in total. The van der Waals surface area contributed by atoms with E-state index in [0.717, 1.165) is 18.5 Å². The van der Waals surface area contributed by atoms with Crippen LogP contribution in [0.25, 0.3) is 0 Å². The van der Waals surface area contributed by atoms with E-state index < -0.39 is 5.38 Å². The first kappa shape index (κ1) is 12.4. The Labute approximate surface area is 106 Å². The smallest absolute Gasteiger partial charge is 0.244 e. The van der Waals surface area contributed by atoms with Crippen molar-refractivity contribution in [2.75, 3.05) is 0 Å². The summed E-state index contributed by atoms with van der Waals surface area (Å²) in [6, 6.07) is 0.483. The fourth-order valence-electron chi connectivity index (χ4n) is 1.74. The zero-order valence-corrected chi connectivity index (χ0v) is 11.2. The van der Waals surface area contributed by atoms with E-state index in [9.17, 15) is 4.79 Å². The summed E-state index contributed by atoms with van der Waals surface area (Å²) in [4.78, 5) is 16.0. The van der Waals surface area contributed by atoms with Crippen molar-refractivity contribution in [1.29, 1.82) is 0 Å². The Hall–Kier alpha value is -1.03. The number of imidazole rings is 1. The van der Waals surface area contributed by atoms with E-state index in [1.54, 1.807) is 12.5 Å². The molecule has 1 saturated carbocycles. The number of hydrogen-bond acceptors (Lipinski definition) is 2. The van der Waals surface area contributed by atoms with Gasteiger partial charge in [-0.05, 0) is 33.6 Å². The van der Waals surface area contributed by atoms with Crippen LogP contribution in [0.5, 0.6) is 0 Å². The molecule has 1 aliphatic rings. The lowest BCUT2D eigenvalue weighted by Crippen LogP contribution is -2.42. The van der Waals surface area contributed by atoms with Crippen molar-refractivity contribution in [2.24, 2.45) is 0 Å². The molecule has 1 N–H and O–H groups in total. The van der Waals surface area contributed by atoms with Gasteiger partial charge in [-0.1, -0.05) is 0 Å². The molecule has 1 aromatic heterocycles. The van der Waals surface area contributed by atoms with Gasteiger partial charge in [0, 0.05) is 11.6 Å². The number of amides is 1. The Morgan fingerprint density at radius 3 is 2.76 bits per heavy atom. The number of hydrogen-bond donors (Lipinski definition) is 1. The first-order valence-electron chi connectivity index (χ1n) is 5.86. The fourth-order valence-corrected chi connectivity index (χ4v) is 1.96. The second-order valence-corrected chi connectivity index (χ2v) is 6.00. The predicted octanol–water partition coefficient (Wildman–Crippen LogP) is 2.41. The zero-order valence-electron chi connectivity index (χ0n) is 10.4. The van der Waals surface area contributed by atoms with Gasteiger partial charge in [0.05, 0.1) is 18.2 Å². The molecule has 0 bridgehead atoms. The monoisotopic (exact) mass is 255 g/mol.